The second-order valence-electron chi connectivity index (χ2n) is 4.44. The molecule has 1 aromatic heterocycles. The van der Waals surface area contributed by atoms with Crippen LogP contribution in [-0.2, 0) is 6.61 Å². The lowest BCUT2D eigenvalue weighted by atomic mass is 10.1. The van der Waals surface area contributed by atoms with Crippen molar-refractivity contribution in [3.8, 4) is 11.6 Å². The van der Waals surface area contributed by atoms with Crippen LogP contribution in [-0.4, -0.2) is 16.7 Å². The van der Waals surface area contributed by atoms with E-state index in [1.54, 1.807) is 6.92 Å². The molecule has 2 rings (SSSR count). The molecule has 0 bridgehead atoms. The van der Waals surface area contributed by atoms with Crippen LogP contribution in [0.25, 0.3) is 0 Å². The Morgan fingerprint density at radius 1 is 1.15 bits per heavy atom. The lowest BCUT2D eigenvalue weighted by Crippen LogP contribution is -2.01. The first kappa shape index (κ1) is 14.3. The number of aliphatic hydroxyl groups is 1. The molecule has 20 heavy (non-hydrogen) atoms. The molecule has 0 saturated carbocycles. The topological polar surface area (TPSA) is 51.6 Å². The molecule has 0 fully saturated rings. The van der Waals surface area contributed by atoms with Crippen LogP contribution in [0.15, 0.2) is 42.5 Å². The standard InChI is InChI=1S/C16H19NO3/c1-3-19-16-9-5-7-14(17-16)11-20-15-8-4-6-13(10-15)12(2)18/h4-10,12,18H,3,11H2,1-2H3. The van der Waals surface area contributed by atoms with E-state index in [0.717, 1.165) is 11.3 Å². The molecule has 2 aromatic rings. The number of hydrogen-bond acceptors (Lipinski definition) is 4. The van der Waals surface area contributed by atoms with E-state index in [9.17, 15) is 5.11 Å². The summed E-state index contributed by atoms with van der Waals surface area (Å²) >= 11 is 0. The van der Waals surface area contributed by atoms with Crippen molar-refractivity contribution in [2.24, 2.45) is 0 Å². The third-order valence-electron chi connectivity index (χ3n) is 2.80. The SMILES string of the molecule is CCOc1cccc(COc2cccc(C(C)O)c2)n1. The predicted molar refractivity (Wildman–Crippen MR) is 76.8 cm³/mol. The minimum Gasteiger partial charge on any atom is -0.487 e. The molecule has 0 saturated heterocycles. The molecule has 1 atom stereocenters. The van der Waals surface area contributed by atoms with E-state index in [1.165, 1.54) is 0 Å². The summed E-state index contributed by atoms with van der Waals surface area (Å²) in [7, 11) is 0. The molecule has 0 aliphatic heterocycles. The molecule has 0 amide bonds. The second-order valence-corrected chi connectivity index (χ2v) is 4.44. The van der Waals surface area contributed by atoms with Crippen LogP contribution in [0.3, 0.4) is 0 Å². The summed E-state index contributed by atoms with van der Waals surface area (Å²) < 4.78 is 11.0. The van der Waals surface area contributed by atoms with Crippen LogP contribution in [0.5, 0.6) is 11.6 Å². The van der Waals surface area contributed by atoms with E-state index in [2.05, 4.69) is 4.98 Å². The molecule has 1 heterocycles. The third-order valence-corrected chi connectivity index (χ3v) is 2.80. The van der Waals surface area contributed by atoms with Crippen LogP contribution in [0.4, 0.5) is 0 Å². The Labute approximate surface area is 119 Å². The van der Waals surface area contributed by atoms with Gasteiger partial charge in [0, 0.05) is 6.07 Å². The van der Waals surface area contributed by atoms with Crippen molar-refractivity contribution in [3.05, 3.63) is 53.7 Å². The van der Waals surface area contributed by atoms with Crippen molar-refractivity contribution < 1.29 is 14.6 Å². The van der Waals surface area contributed by atoms with Gasteiger partial charge in [-0.05, 0) is 37.6 Å². The average Bonchev–Trinajstić information content (AvgIpc) is 2.46. The number of benzene rings is 1. The van der Waals surface area contributed by atoms with Crippen LogP contribution >= 0.6 is 0 Å². The molecular formula is C16H19NO3. The van der Waals surface area contributed by atoms with Gasteiger partial charge in [0.05, 0.1) is 18.4 Å². The van der Waals surface area contributed by atoms with Crippen molar-refractivity contribution in [3.63, 3.8) is 0 Å². The molecule has 1 unspecified atom stereocenters. The molecule has 0 spiro atoms. The number of hydrogen-bond donors (Lipinski definition) is 1. The van der Waals surface area contributed by atoms with Gasteiger partial charge in [-0.2, -0.15) is 0 Å². The zero-order valence-corrected chi connectivity index (χ0v) is 11.7. The lowest BCUT2D eigenvalue weighted by molar-refractivity contribution is 0.198. The lowest BCUT2D eigenvalue weighted by Gasteiger charge is -2.10. The van der Waals surface area contributed by atoms with Crippen molar-refractivity contribution in [1.29, 1.82) is 0 Å². The van der Waals surface area contributed by atoms with E-state index < -0.39 is 6.10 Å². The Morgan fingerprint density at radius 3 is 2.70 bits per heavy atom. The van der Waals surface area contributed by atoms with E-state index in [1.807, 2.05) is 49.4 Å². The molecule has 1 N–H and O–H groups in total. The van der Waals surface area contributed by atoms with Gasteiger partial charge in [-0.15, -0.1) is 0 Å². The minimum absolute atomic E-state index is 0.365. The quantitative estimate of drug-likeness (QED) is 0.878. The molecule has 0 aliphatic rings. The zero-order valence-electron chi connectivity index (χ0n) is 11.7. The van der Waals surface area contributed by atoms with Crippen LogP contribution in [0.1, 0.15) is 31.2 Å². The van der Waals surface area contributed by atoms with E-state index in [4.69, 9.17) is 9.47 Å². The number of ether oxygens (including phenoxy) is 2. The second kappa shape index (κ2) is 6.91. The zero-order chi connectivity index (χ0) is 14.4. The van der Waals surface area contributed by atoms with Crippen molar-refractivity contribution in [2.75, 3.05) is 6.61 Å². The Balaban J connectivity index is 2.01. The monoisotopic (exact) mass is 273 g/mol. The first-order chi connectivity index (χ1) is 9.69. The number of nitrogens with zero attached hydrogens (tertiary/aromatic N) is 1. The fourth-order valence-electron chi connectivity index (χ4n) is 1.79. The summed E-state index contributed by atoms with van der Waals surface area (Å²) in [5.74, 6) is 1.32. The minimum atomic E-state index is -0.502. The van der Waals surface area contributed by atoms with Gasteiger partial charge in [-0.1, -0.05) is 18.2 Å². The van der Waals surface area contributed by atoms with Gasteiger partial charge >= 0.3 is 0 Å². The van der Waals surface area contributed by atoms with Crippen LogP contribution in [0, 0.1) is 0 Å². The summed E-state index contributed by atoms with van der Waals surface area (Å²) in [6, 6.07) is 13.0. The van der Waals surface area contributed by atoms with Gasteiger partial charge in [-0.25, -0.2) is 4.98 Å². The summed E-state index contributed by atoms with van der Waals surface area (Å²) in [6.45, 7) is 4.61. The molecule has 0 aliphatic carbocycles. The van der Waals surface area contributed by atoms with Gasteiger partial charge in [0.15, 0.2) is 0 Å². The maximum atomic E-state index is 9.54. The molecule has 0 radical (unpaired) electrons. The maximum Gasteiger partial charge on any atom is 0.213 e. The van der Waals surface area contributed by atoms with E-state index >= 15 is 0 Å². The molecule has 4 heteroatoms. The van der Waals surface area contributed by atoms with Crippen LogP contribution in [0.2, 0.25) is 0 Å². The van der Waals surface area contributed by atoms with Gasteiger partial charge in [0.25, 0.3) is 0 Å². The highest BCUT2D eigenvalue weighted by atomic mass is 16.5. The molecule has 4 nitrogen and oxygen atoms in total. The van der Waals surface area contributed by atoms with Gasteiger partial charge in [0.1, 0.15) is 12.4 Å². The van der Waals surface area contributed by atoms with Gasteiger partial charge in [0.2, 0.25) is 5.88 Å². The summed E-state index contributed by atoms with van der Waals surface area (Å²) in [5.41, 5.74) is 1.64. The maximum absolute atomic E-state index is 9.54. The van der Waals surface area contributed by atoms with E-state index in [0.29, 0.717) is 24.8 Å². The van der Waals surface area contributed by atoms with Crippen LogP contribution < -0.4 is 9.47 Å². The fraction of sp³-hybridized carbons (Fsp3) is 0.312. The first-order valence-electron chi connectivity index (χ1n) is 6.68. The van der Waals surface area contributed by atoms with Gasteiger partial charge < -0.3 is 14.6 Å². The first-order valence-corrected chi connectivity index (χ1v) is 6.68. The summed E-state index contributed by atoms with van der Waals surface area (Å²) in [6.07, 6.45) is -0.502. The Hall–Kier alpha value is -2.07. The number of pyridine rings is 1. The van der Waals surface area contributed by atoms with E-state index in [-0.39, 0.29) is 0 Å². The number of rotatable bonds is 6. The third kappa shape index (κ3) is 3.96. The normalized spacial score (nSPS) is 11.9. The van der Waals surface area contributed by atoms with Gasteiger partial charge in [-0.3, -0.25) is 0 Å². The Kier molecular flexibility index (Phi) is 4.96. The predicted octanol–water partition coefficient (Wildman–Crippen LogP) is 3.11. The number of aliphatic hydroxyl groups excluding tert-OH is 1. The highest BCUT2D eigenvalue weighted by Crippen LogP contribution is 2.19. The molecule has 106 valence electrons. The fourth-order valence-corrected chi connectivity index (χ4v) is 1.79. The molecular weight excluding hydrogens is 254 g/mol. The van der Waals surface area contributed by atoms with Crippen molar-refractivity contribution >= 4 is 0 Å². The highest BCUT2D eigenvalue weighted by molar-refractivity contribution is 5.29. The Bertz CT molecular complexity index is 555. The Morgan fingerprint density at radius 2 is 1.95 bits per heavy atom. The highest BCUT2D eigenvalue weighted by Gasteiger charge is 2.03. The summed E-state index contributed by atoms with van der Waals surface area (Å²) in [4.78, 5) is 4.34. The smallest absolute Gasteiger partial charge is 0.213 e. The van der Waals surface area contributed by atoms with Crippen molar-refractivity contribution in [1.82, 2.24) is 4.98 Å². The summed E-state index contributed by atoms with van der Waals surface area (Å²) in [5, 5.41) is 9.54. The molecule has 1 aromatic carbocycles. The number of aromatic nitrogens is 1. The average molecular weight is 273 g/mol. The largest absolute Gasteiger partial charge is 0.487 e. The van der Waals surface area contributed by atoms with Crippen molar-refractivity contribution in [2.45, 2.75) is 26.6 Å².